The molecule has 3 rings (SSSR count). The molecule has 0 aromatic heterocycles. The molecule has 2 aliphatic heterocycles. The second-order valence-corrected chi connectivity index (χ2v) is 7.64. The third-order valence-corrected chi connectivity index (χ3v) is 5.63. The van der Waals surface area contributed by atoms with E-state index in [1.54, 1.807) is 0 Å². The Morgan fingerprint density at radius 3 is 2.36 bits per heavy atom. The van der Waals surface area contributed by atoms with E-state index >= 15 is 0 Å². The Bertz CT molecular complexity index is 616. The predicted octanol–water partition coefficient (Wildman–Crippen LogP) is 2.30. The van der Waals surface area contributed by atoms with Crippen LogP contribution < -0.4 is 10.6 Å². The minimum atomic E-state index is -0.272. The molecule has 2 amide bonds. The second-order valence-electron chi connectivity index (χ2n) is 7.64. The number of amides is 2. The maximum absolute atomic E-state index is 12.9. The van der Waals surface area contributed by atoms with Gasteiger partial charge < -0.3 is 15.5 Å². The molecular weight excluding hydrogens is 314 g/mol. The van der Waals surface area contributed by atoms with Crippen molar-refractivity contribution in [1.29, 1.82) is 0 Å². The lowest BCUT2D eigenvalue weighted by Crippen LogP contribution is -2.49. The lowest BCUT2D eigenvalue weighted by molar-refractivity contribution is -0.133. The van der Waals surface area contributed by atoms with Gasteiger partial charge in [0.15, 0.2) is 0 Å². The van der Waals surface area contributed by atoms with E-state index in [4.69, 9.17) is 0 Å². The average Bonchev–Trinajstić information content (AvgIpc) is 2.91. The van der Waals surface area contributed by atoms with E-state index in [9.17, 15) is 9.59 Å². The van der Waals surface area contributed by atoms with Crippen LogP contribution in [0.15, 0.2) is 24.3 Å². The molecule has 1 aromatic rings. The third kappa shape index (κ3) is 4.40. The van der Waals surface area contributed by atoms with Crippen molar-refractivity contribution in [3.63, 3.8) is 0 Å². The van der Waals surface area contributed by atoms with Crippen molar-refractivity contribution >= 4 is 11.8 Å². The summed E-state index contributed by atoms with van der Waals surface area (Å²) in [5, 5.41) is 6.55. The van der Waals surface area contributed by atoms with E-state index in [0.29, 0.717) is 24.5 Å². The monoisotopic (exact) mass is 343 g/mol. The smallest absolute Gasteiger partial charge is 0.224 e. The van der Waals surface area contributed by atoms with Crippen molar-refractivity contribution < 1.29 is 9.59 Å². The van der Waals surface area contributed by atoms with Crippen LogP contribution in [0.1, 0.15) is 56.2 Å². The molecule has 5 heteroatoms. The zero-order valence-corrected chi connectivity index (χ0v) is 15.4. The van der Waals surface area contributed by atoms with Crippen molar-refractivity contribution in [1.82, 2.24) is 15.5 Å². The van der Waals surface area contributed by atoms with Gasteiger partial charge in [0.1, 0.15) is 0 Å². The van der Waals surface area contributed by atoms with Crippen molar-refractivity contribution in [2.24, 2.45) is 0 Å². The van der Waals surface area contributed by atoms with Gasteiger partial charge in [-0.3, -0.25) is 9.59 Å². The maximum Gasteiger partial charge on any atom is 0.224 e. The average molecular weight is 343 g/mol. The number of carbonyl (C=O) groups excluding carboxylic acids is 2. The zero-order chi connectivity index (χ0) is 18.0. The molecule has 2 fully saturated rings. The molecular formula is C20H29N3O2. The van der Waals surface area contributed by atoms with E-state index < -0.39 is 0 Å². The minimum Gasteiger partial charge on any atom is -0.349 e. The topological polar surface area (TPSA) is 61.4 Å². The normalized spacial score (nSPS) is 26.1. The highest BCUT2D eigenvalue weighted by atomic mass is 16.2. The molecule has 0 spiro atoms. The van der Waals surface area contributed by atoms with Crippen molar-refractivity contribution in [3.8, 4) is 0 Å². The van der Waals surface area contributed by atoms with Crippen LogP contribution >= 0.6 is 0 Å². The fraction of sp³-hybridized carbons (Fsp3) is 0.600. The number of hydrogen-bond donors (Lipinski definition) is 2. The van der Waals surface area contributed by atoms with Crippen LogP contribution in [-0.2, 0) is 9.59 Å². The number of benzene rings is 1. The molecule has 2 N–H and O–H groups in total. The number of nitrogens with zero attached hydrogens (tertiary/aromatic N) is 1. The summed E-state index contributed by atoms with van der Waals surface area (Å²) in [5.41, 5.74) is 2.15. The Hall–Kier alpha value is -1.88. The number of hydrogen-bond acceptors (Lipinski definition) is 3. The Morgan fingerprint density at radius 1 is 1.20 bits per heavy atom. The van der Waals surface area contributed by atoms with Gasteiger partial charge in [0.25, 0.3) is 0 Å². The number of fused-ring (bicyclic) bond motifs is 2. The number of rotatable bonds is 5. The molecule has 25 heavy (non-hydrogen) atoms. The molecule has 1 aromatic carbocycles. The first-order valence-corrected chi connectivity index (χ1v) is 9.27. The summed E-state index contributed by atoms with van der Waals surface area (Å²) in [6.45, 7) is 3.53. The van der Waals surface area contributed by atoms with Gasteiger partial charge in [-0.15, -0.1) is 0 Å². The van der Waals surface area contributed by atoms with Gasteiger partial charge >= 0.3 is 0 Å². The van der Waals surface area contributed by atoms with Crippen LogP contribution in [0.5, 0.6) is 0 Å². The van der Waals surface area contributed by atoms with Gasteiger partial charge in [-0.05, 0) is 38.2 Å². The number of carbonyl (C=O) groups is 2. The second kappa shape index (κ2) is 7.56. The Labute approximate surface area is 150 Å². The van der Waals surface area contributed by atoms with E-state index in [1.807, 2.05) is 43.1 Å². The van der Waals surface area contributed by atoms with Crippen molar-refractivity contribution in [3.05, 3.63) is 35.4 Å². The summed E-state index contributed by atoms with van der Waals surface area (Å²) in [6.07, 6.45) is 4.82. The molecule has 2 heterocycles. The van der Waals surface area contributed by atoms with Crippen LogP contribution in [0.25, 0.3) is 0 Å². The Kier molecular flexibility index (Phi) is 5.42. The Balaban J connectivity index is 1.66. The van der Waals surface area contributed by atoms with Gasteiger partial charge in [-0.25, -0.2) is 0 Å². The van der Waals surface area contributed by atoms with Gasteiger partial charge in [-0.1, -0.05) is 29.8 Å². The summed E-state index contributed by atoms with van der Waals surface area (Å²) < 4.78 is 0. The van der Waals surface area contributed by atoms with E-state index in [2.05, 4.69) is 10.6 Å². The van der Waals surface area contributed by atoms with Crippen molar-refractivity contribution in [2.75, 3.05) is 7.05 Å². The highest BCUT2D eigenvalue weighted by Crippen LogP contribution is 2.30. The summed E-state index contributed by atoms with van der Waals surface area (Å²) in [6, 6.07) is 9.17. The van der Waals surface area contributed by atoms with E-state index in [1.165, 1.54) is 25.3 Å². The van der Waals surface area contributed by atoms with Crippen LogP contribution in [0.2, 0.25) is 0 Å². The SMILES string of the molecule is CC(=O)NC(CC(=O)N(C)C1CC2CCC(C1)N2)c1ccc(C)cc1. The molecule has 0 aliphatic carbocycles. The fourth-order valence-electron chi connectivity index (χ4n) is 4.16. The maximum atomic E-state index is 12.9. The number of piperidine rings is 1. The van der Waals surface area contributed by atoms with Crippen LogP contribution in [0.3, 0.4) is 0 Å². The lowest BCUT2D eigenvalue weighted by Gasteiger charge is -2.36. The summed E-state index contributed by atoms with van der Waals surface area (Å²) in [5.74, 6) is -0.00781. The molecule has 0 radical (unpaired) electrons. The minimum absolute atomic E-state index is 0.102. The highest BCUT2D eigenvalue weighted by molar-refractivity contribution is 5.79. The first kappa shape index (κ1) is 17.9. The van der Waals surface area contributed by atoms with Crippen molar-refractivity contribution in [2.45, 2.75) is 70.1 Å². The Morgan fingerprint density at radius 2 is 1.80 bits per heavy atom. The van der Waals surface area contributed by atoms with Gasteiger partial charge in [0.2, 0.25) is 11.8 Å². The third-order valence-electron chi connectivity index (χ3n) is 5.63. The lowest BCUT2D eigenvalue weighted by atomic mass is 9.97. The molecule has 3 unspecified atom stereocenters. The quantitative estimate of drug-likeness (QED) is 0.862. The fourth-order valence-corrected chi connectivity index (χ4v) is 4.16. The predicted molar refractivity (Wildman–Crippen MR) is 98.1 cm³/mol. The first-order valence-electron chi connectivity index (χ1n) is 9.27. The molecule has 136 valence electrons. The highest BCUT2D eigenvalue weighted by Gasteiger charge is 2.36. The molecule has 2 bridgehead atoms. The standard InChI is InChI=1S/C20H29N3O2/c1-13-4-6-15(7-5-13)19(21-14(2)24)12-20(25)23(3)18-10-16-8-9-17(11-18)22-16/h4-7,16-19,22H,8-12H2,1-3H3,(H,21,24). The zero-order valence-electron chi connectivity index (χ0n) is 15.4. The summed E-state index contributed by atoms with van der Waals surface area (Å²) >= 11 is 0. The summed E-state index contributed by atoms with van der Waals surface area (Å²) in [4.78, 5) is 26.4. The number of nitrogens with one attached hydrogen (secondary N) is 2. The molecule has 2 saturated heterocycles. The largest absolute Gasteiger partial charge is 0.349 e. The van der Waals surface area contributed by atoms with Crippen LogP contribution in [0, 0.1) is 6.92 Å². The van der Waals surface area contributed by atoms with Gasteiger partial charge in [0.05, 0.1) is 12.5 Å². The molecule has 0 saturated carbocycles. The van der Waals surface area contributed by atoms with Gasteiger partial charge in [-0.2, -0.15) is 0 Å². The van der Waals surface area contributed by atoms with Crippen LogP contribution in [-0.4, -0.2) is 41.9 Å². The van der Waals surface area contributed by atoms with E-state index in [0.717, 1.165) is 18.4 Å². The van der Waals surface area contributed by atoms with Gasteiger partial charge in [0, 0.05) is 32.1 Å². The molecule has 3 atom stereocenters. The van der Waals surface area contributed by atoms with Crippen LogP contribution in [0.4, 0.5) is 0 Å². The molecule has 2 aliphatic rings. The number of aryl methyl sites for hydroxylation is 1. The molecule has 5 nitrogen and oxygen atoms in total. The summed E-state index contributed by atoms with van der Waals surface area (Å²) in [7, 11) is 1.91. The first-order chi connectivity index (χ1) is 11.9. The van der Waals surface area contributed by atoms with E-state index in [-0.39, 0.29) is 17.9 Å².